The number of hydrogen-bond acceptors (Lipinski definition) is 2. The molecule has 1 aliphatic rings. The standard InChI is InChI=1S/C13H16BrNO2/c1-2-13(9-17-12(16)15-13)8-7-10-3-5-11(14)6-4-10/h3-6H,2,7-9H2,1H3,(H,15,16). The Kier molecular flexibility index (Phi) is 3.72. The van der Waals surface area contributed by atoms with E-state index >= 15 is 0 Å². The average Bonchev–Trinajstić information content (AvgIpc) is 2.71. The smallest absolute Gasteiger partial charge is 0.407 e. The quantitative estimate of drug-likeness (QED) is 0.926. The number of ether oxygens (including phenoxy) is 1. The van der Waals surface area contributed by atoms with E-state index in [1.807, 2.05) is 12.1 Å². The molecule has 1 atom stereocenters. The number of carbonyl (C=O) groups excluding carboxylic acids is 1. The van der Waals surface area contributed by atoms with E-state index < -0.39 is 0 Å². The second kappa shape index (κ2) is 5.08. The minimum absolute atomic E-state index is 0.176. The first-order valence-corrected chi connectivity index (χ1v) is 6.62. The van der Waals surface area contributed by atoms with E-state index in [0.717, 1.165) is 23.7 Å². The molecule has 1 saturated heterocycles. The molecule has 1 heterocycles. The van der Waals surface area contributed by atoms with Gasteiger partial charge in [-0.15, -0.1) is 0 Å². The molecule has 0 saturated carbocycles. The van der Waals surface area contributed by atoms with E-state index in [-0.39, 0.29) is 11.6 Å². The molecule has 0 aliphatic carbocycles. The lowest BCUT2D eigenvalue weighted by atomic mass is 9.90. The van der Waals surface area contributed by atoms with Gasteiger partial charge in [0.25, 0.3) is 0 Å². The summed E-state index contributed by atoms with van der Waals surface area (Å²) in [5.74, 6) is 0. The molecule has 17 heavy (non-hydrogen) atoms. The summed E-state index contributed by atoms with van der Waals surface area (Å²) in [6.07, 6.45) is 2.47. The van der Waals surface area contributed by atoms with Crippen LogP contribution in [-0.4, -0.2) is 18.2 Å². The van der Waals surface area contributed by atoms with Gasteiger partial charge in [0.1, 0.15) is 6.61 Å². The van der Waals surface area contributed by atoms with Crippen LogP contribution < -0.4 is 5.32 Å². The Morgan fingerprint density at radius 3 is 2.65 bits per heavy atom. The molecule has 2 rings (SSSR count). The van der Waals surface area contributed by atoms with Crippen molar-refractivity contribution in [3.05, 3.63) is 34.3 Å². The highest BCUT2D eigenvalue weighted by atomic mass is 79.9. The molecule has 3 nitrogen and oxygen atoms in total. The molecule has 4 heteroatoms. The zero-order valence-electron chi connectivity index (χ0n) is 9.83. The minimum Gasteiger partial charge on any atom is -0.447 e. The summed E-state index contributed by atoms with van der Waals surface area (Å²) in [5.41, 5.74) is 1.10. The van der Waals surface area contributed by atoms with Crippen molar-refractivity contribution in [2.75, 3.05) is 6.61 Å². The van der Waals surface area contributed by atoms with Gasteiger partial charge in [-0.1, -0.05) is 35.0 Å². The Balaban J connectivity index is 1.96. The molecule has 0 spiro atoms. The van der Waals surface area contributed by atoms with Crippen LogP contribution in [0.25, 0.3) is 0 Å². The van der Waals surface area contributed by atoms with E-state index in [1.165, 1.54) is 5.56 Å². The summed E-state index contributed by atoms with van der Waals surface area (Å²) in [6.45, 7) is 2.56. The van der Waals surface area contributed by atoms with Crippen LogP contribution in [0.3, 0.4) is 0 Å². The van der Waals surface area contributed by atoms with Crippen molar-refractivity contribution in [2.24, 2.45) is 0 Å². The molecule has 0 radical (unpaired) electrons. The van der Waals surface area contributed by atoms with Crippen molar-refractivity contribution in [1.82, 2.24) is 5.32 Å². The Morgan fingerprint density at radius 2 is 2.12 bits per heavy atom. The van der Waals surface area contributed by atoms with Gasteiger partial charge in [-0.3, -0.25) is 0 Å². The van der Waals surface area contributed by atoms with Crippen molar-refractivity contribution in [3.63, 3.8) is 0 Å². The van der Waals surface area contributed by atoms with E-state index in [9.17, 15) is 4.79 Å². The Bertz CT molecular complexity index is 404. The summed E-state index contributed by atoms with van der Waals surface area (Å²) >= 11 is 3.42. The Labute approximate surface area is 110 Å². The molecule has 0 bridgehead atoms. The van der Waals surface area contributed by atoms with Crippen LogP contribution in [0.2, 0.25) is 0 Å². The van der Waals surface area contributed by atoms with Crippen LogP contribution in [-0.2, 0) is 11.2 Å². The molecule has 1 unspecified atom stereocenters. The van der Waals surface area contributed by atoms with Gasteiger partial charge in [0.15, 0.2) is 0 Å². The monoisotopic (exact) mass is 297 g/mol. The lowest BCUT2D eigenvalue weighted by Gasteiger charge is -2.24. The molecule has 0 aromatic heterocycles. The normalized spacial score (nSPS) is 23.3. The molecular weight excluding hydrogens is 282 g/mol. The van der Waals surface area contributed by atoms with Crippen LogP contribution in [0.1, 0.15) is 25.3 Å². The van der Waals surface area contributed by atoms with Crippen molar-refractivity contribution < 1.29 is 9.53 Å². The van der Waals surface area contributed by atoms with Crippen LogP contribution in [0.5, 0.6) is 0 Å². The number of nitrogens with one attached hydrogen (secondary N) is 1. The summed E-state index contributed by atoms with van der Waals surface area (Å²) in [7, 11) is 0. The van der Waals surface area contributed by atoms with E-state index in [0.29, 0.717) is 6.61 Å². The predicted molar refractivity (Wildman–Crippen MR) is 70.0 cm³/mol. The highest BCUT2D eigenvalue weighted by molar-refractivity contribution is 9.10. The van der Waals surface area contributed by atoms with Crippen LogP contribution in [0, 0.1) is 0 Å². The molecule has 1 aliphatic heterocycles. The van der Waals surface area contributed by atoms with Crippen molar-refractivity contribution in [1.29, 1.82) is 0 Å². The van der Waals surface area contributed by atoms with Crippen molar-refractivity contribution in [2.45, 2.75) is 31.7 Å². The third-order valence-corrected chi connectivity index (χ3v) is 3.86. The SMILES string of the molecule is CCC1(CCc2ccc(Br)cc2)COC(=O)N1. The molecule has 1 N–H and O–H groups in total. The lowest BCUT2D eigenvalue weighted by molar-refractivity contribution is 0.170. The number of halogens is 1. The fourth-order valence-corrected chi connectivity index (χ4v) is 2.29. The predicted octanol–water partition coefficient (Wildman–Crippen LogP) is 3.27. The molecule has 92 valence electrons. The Morgan fingerprint density at radius 1 is 1.41 bits per heavy atom. The number of cyclic esters (lactones) is 1. The molecule has 1 aromatic carbocycles. The number of alkyl carbamates (subject to hydrolysis) is 1. The molecule has 1 fully saturated rings. The van der Waals surface area contributed by atoms with E-state index in [4.69, 9.17) is 4.74 Å². The number of aryl methyl sites for hydroxylation is 1. The maximum Gasteiger partial charge on any atom is 0.407 e. The van der Waals surface area contributed by atoms with Gasteiger partial charge in [0.2, 0.25) is 0 Å². The highest BCUT2D eigenvalue weighted by Gasteiger charge is 2.37. The number of hydrogen-bond donors (Lipinski definition) is 1. The highest BCUT2D eigenvalue weighted by Crippen LogP contribution is 2.23. The first-order chi connectivity index (χ1) is 8.13. The molecular formula is C13H16BrNO2. The number of rotatable bonds is 4. The largest absolute Gasteiger partial charge is 0.447 e. The maximum atomic E-state index is 11.1. The van der Waals surface area contributed by atoms with Gasteiger partial charge >= 0.3 is 6.09 Å². The fourth-order valence-electron chi connectivity index (χ4n) is 2.03. The van der Waals surface area contributed by atoms with Crippen LogP contribution in [0.15, 0.2) is 28.7 Å². The van der Waals surface area contributed by atoms with E-state index in [2.05, 4.69) is 40.3 Å². The summed E-state index contributed by atoms with van der Waals surface area (Å²) in [6, 6.07) is 8.28. The van der Waals surface area contributed by atoms with E-state index in [1.54, 1.807) is 0 Å². The van der Waals surface area contributed by atoms with Gasteiger partial charge in [-0.05, 0) is 37.0 Å². The number of carbonyl (C=O) groups is 1. The molecule has 1 amide bonds. The topological polar surface area (TPSA) is 38.3 Å². The number of amides is 1. The van der Waals surface area contributed by atoms with Crippen molar-refractivity contribution >= 4 is 22.0 Å². The Hall–Kier alpha value is -1.03. The average molecular weight is 298 g/mol. The first kappa shape index (κ1) is 12.4. The summed E-state index contributed by atoms with van der Waals surface area (Å²) in [5, 5.41) is 2.93. The van der Waals surface area contributed by atoms with Crippen LogP contribution in [0.4, 0.5) is 4.79 Å². The van der Waals surface area contributed by atoms with Crippen LogP contribution >= 0.6 is 15.9 Å². The maximum absolute atomic E-state index is 11.1. The summed E-state index contributed by atoms with van der Waals surface area (Å²) in [4.78, 5) is 11.1. The van der Waals surface area contributed by atoms with Gasteiger partial charge in [-0.25, -0.2) is 4.79 Å². The molecule has 1 aromatic rings. The zero-order chi connectivity index (χ0) is 12.3. The van der Waals surface area contributed by atoms with Crippen molar-refractivity contribution in [3.8, 4) is 0 Å². The first-order valence-electron chi connectivity index (χ1n) is 5.83. The van der Waals surface area contributed by atoms with Gasteiger partial charge < -0.3 is 10.1 Å². The zero-order valence-corrected chi connectivity index (χ0v) is 11.4. The second-order valence-electron chi connectivity index (χ2n) is 4.46. The fraction of sp³-hybridized carbons (Fsp3) is 0.462. The minimum atomic E-state index is -0.289. The third-order valence-electron chi connectivity index (χ3n) is 3.33. The summed E-state index contributed by atoms with van der Waals surface area (Å²) < 4.78 is 6.10. The lowest BCUT2D eigenvalue weighted by Crippen LogP contribution is -2.43. The van der Waals surface area contributed by atoms with Gasteiger partial charge in [0, 0.05) is 4.47 Å². The number of benzene rings is 1. The second-order valence-corrected chi connectivity index (χ2v) is 5.38. The van der Waals surface area contributed by atoms with Gasteiger partial charge in [-0.2, -0.15) is 0 Å². The van der Waals surface area contributed by atoms with Gasteiger partial charge in [0.05, 0.1) is 5.54 Å². The third kappa shape index (κ3) is 3.00.